The number of hydrogen-bond donors (Lipinski definition) is 0. The minimum absolute atomic E-state index is 0.000625. The molecule has 0 N–H and O–H groups in total. The molecule has 0 atom stereocenters. The van der Waals surface area contributed by atoms with E-state index in [2.05, 4.69) is 4.98 Å². The normalized spacial score (nSPS) is 10.8. The summed E-state index contributed by atoms with van der Waals surface area (Å²) in [6.45, 7) is 0. The van der Waals surface area contributed by atoms with Gasteiger partial charge in [0, 0.05) is 6.20 Å². The zero-order valence-electron chi connectivity index (χ0n) is 9.48. The lowest BCUT2D eigenvalue weighted by Crippen LogP contribution is -2.04. The first-order valence-corrected chi connectivity index (χ1v) is 5.20. The highest BCUT2D eigenvalue weighted by Crippen LogP contribution is 2.33. The van der Waals surface area contributed by atoms with Crippen LogP contribution in [0.2, 0.25) is 0 Å². The molecule has 1 aromatic heterocycles. The van der Waals surface area contributed by atoms with E-state index in [9.17, 15) is 13.2 Å². The summed E-state index contributed by atoms with van der Waals surface area (Å²) in [5.41, 5.74) is -0.611. The van der Waals surface area contributed by atoms with Gasteiger partial charge in [-0.15, -0.1) is 0 Å². The van der Waals surface area contributed by atoms with Gasteiger partial charge in [0.25, 0.3) is 0 Å². The van der Waals surface area contributed by atoms with Crippen molar-refractivity contribution in [3.8, 4) is 17.6 Å². The maximum atomic E-state index is 12.5. The molecule has 0 amide bonds. The monoisotopic (exact) mass is 264 g/mol. The highest BCUT2D eigenvalue weighted by molar-refractivity contribution is 5.43. The fourth-order valence-electron chi connectivity index (χ4n) is 1.42. The molecule has 0 radical (unpaired) electrons. The summed E-state index contributed by atoms with van der Waals surface area (Å²) in [4.78, 5) is 3.76. The second-order valence-corrected chi connectivity index (χ2v) is 3.61. The van der Waals surface area contributed by atoms with Gasteiger partial charge < -0.3 is 4.74 Å². The molecule has 3 nitrogen and oxygen atoms in total. The molecule has 0 saturated carbocycles. The second-order valence-electron chi connectivity index (χ2n) is 3.61. The number of nitriles is 1. The Hall–Kier alpha value is -2.55. The van der Waals surface area contributed by atoms with Crippen molar-refractivity contribution in [2.45, 2.75) is 6.18 Å². The lowest BCUT2D eigenvalue weighted by molar-refractivity contribution is -0.137. The molecular weight excluding hydrogens is 257 g/mol. The van der Waals surface area contributed by atoms with Crippen LogP contribution in [0.15, 0.2) is 42.7 Å². The minimum Gasteiger partial charge on any atom is -0.454 e. The van der Waals surface area contributed by atoms with E-state index in [1.165, 1.54) is 30.6 Å². The molecule has 1 heterocycles. The van der Waals surface area contributed by atoms with Gasteiger partial charge in [-0.1, -0.05) is 6.07 Å². The topological polar surface area (TPSA) is 45.9 Å². The van der Waals surface area contributed by atoms with E-state index >= 15 is 0 Å². The van der Waals surface area contributed by atoms with E-state index in [-0.39, 0.29) is 17.1 Å². The number of rotatable bonds is 2. The summed E-state index contributed by atoms with van der Waals surface area (Å²) in [6, 6.07) is 7.72. The van der Waals surface area contributed by atoms with E-state index in [1.807, 2.05) is 6.07 Å². The smallest absolute Gasteiger partial charge is 0.416 e. The lowest BCUT2D eigenvalue weighted by Gasteiger charge is -2.10. The van der Waals surface area contributed by atoms with Crippen LogP contribution >= 0.6 is 0 Å². The molecular formula is C13H7F3N2O. The standard InChI is InChI=1S/C13H7F3N2O/c14-13(15,16)10-2-1-3-11(6-10)19-12-8-18-5-4-9(12)7-17/h1-6,8H. The summed E-state index contributed by atoms with van der Waals surface area (Å²) < 4.78 is 42.8. The number of benzene rings is 1. The van der Waals surface area contributed by atoms with Gasteiger partial charge in [-0.25, -0.2) is 0 Å². The average Bonchev–Trinajstić information content (AvgIpc) is 2.39. The Morgan fingerprint density at radius 2 is 2.00 bits per heavy atom. The van der Waals surface area contributed by atoms with Crippen LogP contribution in [0.3, 0.4) is 0 Å². The molecule has 19 heavy (non-hydrogen) atoms. The molecule has 0 spiro atoms. The van der Waals surface area contributed by atoms with Gasteiger partial charge >= 0.3 is 6.18 Å². The van der Waals surface area contributed by atoms with Gasteiger partial charge in [0.1, 0.15) is 11.8 Å². The highest BCUT2D eigenvalue weighted by Gasteiger charge is 2.30. The van der Waals surface area contributed by atoms with E-state index in [0.717, 1.165) is 12.1 Å². The molecule has 0 bridgehead atoms. The molecule has 0 fully saturated rings. The van der Waals surface area contributed by atoms with Crippen LogP contribution in [-0.2, 0) is 6.18 Å². The number of alkyl halides is 3. The number of nitrogens with zero attached hydrogens (tertiary/aromatic N) is 2. The zero-order chi connectivity index (χ0) is 13.9. The van der Waals surface area contributed by atoms with Crippen molar-refractivity contribution in [1.82, 2.24) is 4.98 Å². The fraction of sp³-hybridized carbons (Fsp3) is 0.0769. The molecule has 6 heteroatoms. The van der Waals surface area contributed by atoms with Crippen LogP contribution in [0.25, 0.3) is 0 Å². The van der Waals surface area contributed by atoms with Crippen LogP contribution < -0.4 is 4.74 Å². The Balaban J connectivity index is 2.32. The van der Waals surface area contributed by atoms with E-state index in [0.29, 0.717) is 0 Å². The summed E-state index contributed by atoms with van der Waals surface area (Å²) >= 11 is 0. The molecule has 0 aliphatic heterocycles. The average molecular weight is 264 g/mol. The predicted molar refractivity (Wildman–Crippen MR) is 60.5 cm³/mol. The van der Waals surface area contributed by atoms with Crippen molar-refractivity contribution in [1.29, 1.82) is 5.26 Å². The van der Waals surface area contributed by atoms with Crippen LogP contribution in [0.4, 0.5) is 13.2 Å². The van der Waals surface area contributed by atoms with E-state index in [1.54, 1.807) is 0 Å². The molecule has 2 aromatic rings. The van der Waals surface area contributed by atoms with Crippen molar-refractivity contribution in [2.24, 2.45) is 0 Å². The third-order valence-corrected chi connectivity index (χ3v) is 2.29. The maximum Gasteiger partial charge on any atom is 0.416 e. The SMILES string of the molecule is N#Cc1ccncc1Oc1cccc(C(F)(F)F)c1. The Bertz CT molecular complexity index is 632. The summed E-state index contributed by atoms with van der Waals surface area (Å²) in [6.07, 6.45) is -1.76. The summed E-state index contributed by atoms with van der Waals surface area (Å²) in [5.74, 6) is 0.114. The van der Waals surface area contributed by atoms with Gasteiger partial charge in [0.15, 0.2) is 5.75 Å². The molecule has 0 aliphatic rings. The molecule has 0 aliphatic carbocycles. The predicted octanol–water partition coefficient (Wildman–Crippen LogP) is 3.76. The Kier molecular flexibility index (Phi) is 3.38. The molecule has 2 rings (SSSR count). The van der Waals surface area contributed by atoms with Gasteiger partial charge in [-0.05, 0) is 24.3 Å². The minimum atomic E-state index is -4.44. The van der Waals surface area contributed by atoms with Crippen molar-refractivity contribution >= 4 is 0 Å². The van der Waals surface area contributed by atoms with Crippen LogP contribution in [0.1, 0.15) is 11.1 Å². The summed E-state index contributed by atoms with van der Waals surface area (Å²) in [7, 11) is 0. The van der Waals surface area contributed by atoms with Crippen molar-refractivity contribution in [3.05, 3.63) is 53.9 Å². The van der Waals surface area contributed by atoms with Crippen LogP contribution in [-0.4, -0.2) is 4.98 Å². The van der Waals surface area contributed by atoms with Gasteiger partial charge in [-0.3, -0.25) is 4.98 Å². The first-order valence-electron chi connectivity index (χ1n) is 5.20. The van der Waals surface area contributed by atoms with Crippen molar-refractivity contribution in [3.63, 3.8) is 0 Å². The molecule has 0 saturated heterocycles. The third kappa shape index (κ3) is 3.01. The molecule has 96 valence electrons. The fourth-order valence-corrected chi connectivity index (χ4v) is 1.42. The highest BCUT2D eigenvalue weighted by atomic mass is 19.4. The number of halogens is 3. The number of ether oxygens (including phenoxy) is 1. The molecule has 1 aromatic carbocycles. The Labute approximate surface area is 106 Å². The number of hydrogen-bond acceptors (Lipinski definition) is 3. The Morgan fingerprint density at radius 1 is 1.21 bits per heavy atom. The Morgan fingerprint density at radius 3 is 2.68 bits per heavy atom. The van der Waals surface area contributed by atoms with Crippen molar-refractivity contribution in [2.75, 3.05) is 0 Å². The second kappa shape index (κ2) is 4.98. The van der Waals surface area contributed by atoms with Gasteiger partial charge in [0.2, 0.25) is 0 Å². The quantitative estimate of drug-likeness (QED) is 0.829. The zero-order valence-corrected chi connectivity index (χ0v) is 9.48. The first kappa shape index (κ1) is 12.9. The van der Waals surface area contributed by atoms with Crippen LogP contribution in [0, 0.1) is 11.3 Å². The third-order valence-electron chi connectivity index (χ3n) is 2.29. The van der Waals surface area contributed by atoms with Crippen LogP contribution in [0.5, 0.6) is 11.5 Å². The van der Waals surface area contributed by atoms with E-state index < -0.39 is 11.7 Å². The summed E-state index contributed by atoms with van der Waals surface area (Å²) in [5, 5.41) is 8.84. The maximum absolute atomic E-state index is 12.5. The van der Waals surface area contributed by atoms with Gasteiger partial charge in [-0.2, -0.15) is 18.4 Å². The first-order chi connectivity index (χ1) is 9.00. The van der Waals surface area contributed by atoms with Crippen molar-refractivity contribution < 1.29 is 17.9 Å². The largest absolute Gasteiger partial charge is 0.454 e. The number of pyridine rings is 1. The molecule has 0 unspecified atom stereocenters. The van der Waals surface area contributed by atoms with E-state index in [4.69, 9.17) is 10.00 Å². The lowest BCUT2D eigenvalue weighted by atomic mass is 10.2. The number of aromatic nitrogens is 1. The van der Waals surface area contributed by atoms with Gasteiger partial charge in [0.05, 0.1) is 17.3 Å².